The summed E-state index contributed by atoms with van der Waals surface area (Å²) in [6.45, 7) is 8.50. The fourth-order valence-corrected chi connectivity index (χ4v) is 4.45. The maximum Gasteiger partial charge on any atom is 0.326 e. The maximum atomic E-state index is 13.1. The second-order valence-corrected chi connectivity index (χ2v) is 10.1. The lowest BCUT2D eigenvalue weighted by atomic mass is 10.0. The number of aryl methyl sites for hydroxylation is 1. The van der Waals surface area contributed by atoms with Crippen molar-refractivity contribution in [2.75, 3.05) is 11.9 Å². The van der Waals surface area contributed by atoms with Gasteiger partial charge in [-0.2, -0.15) is 0 Å². The van der Waals surface area contributed by atoms with Gasteiger partial charge < -0.3 is 20.6 Å². The maximum absolute atomic E-state index is 13.1. The van der Waals surface area contributed by atoms with Crippen molar-refractivity contribution < 1.29 is 19.5 Å². The Morgan fingerprint density at radius 1 is 1.11 bits per heavy atom. The van der Waals surface area contributed by atoms with Gasteiger partial charge in [-0.25, -0.2) is 14.6 Å². The molecule has 0 bridgehead atoms. The van der Waals surface area contributed by atoms with E-state index in [4.69, 9.17) is 0 Å². The molecule has 0 radical (unpaired) electrons. The van der Waals surface area contributed by atoms with E-state index in [0.717, 1.165) is 33.6 Å². The number of amides is 3. The molecule has 2 aromatic carbocycles. The number of hydrogen-bond acceptors (Lipinski definition) is 5. The Balaban J connectivity index is 1.68. The van der Waals surface area contributed by atoms with E-state index in [1.807, 2.05) is 25.1 Å². The second kappa shape index (κ2) is 11.8. The van der Waals surface area contributed by atoms with Crippen molar-refractivity contribution in [1.29, 1.82) is 0 Å². The second-order valence-electron chi connectivity index (χ2n) is 8.85. The minimum atomic E-state index is -1.06. The van der Waals surface area contributed by atoms with E-state index < -0.39 is 17.9 Å². The molecule has 1 aromatic heterocycles. The van der Waals surface area contributed by atoms with Gasteiger partial charge in [0.25, 0.3) is 5.91 Å². The largest absolute Gasteiger partial charge is 0.480 e. The van der Waals surface area contributed by atoms with Crippen LogP contribution in [-0.4, -0.2) is 45.5 Å². The van der Waals surface area contributed by atoms with Crippen LogP contribution in [0.2, 0.25) is 0 Å². The summed E-state index contributed by atoms with van der Waals surface area (Å²) in [7, 11) is 0. The first-order valence-corrected chi connectivity index (χ1v) is 12.5. The minimum Gasteiger partial charge on any atom is -0.480 e. The van der Waals surface area contributed by atoms with Crippen molar-refractivity contribution >= 4 is 45.1 Å². The Morgan fingerprint density at radius 3 is 2.46 bits per heavy atom. The quantitative estimate of drug-likeness (QED) is 0.354. The molecule has 35 heavy (non-hydrogen) atoms. The zero-order chi connectivity index (χ0) is 25.5. The Labute approximate surface area is 209 Å². The third-order valence-corrected chi connectivity index (χ3v) is 6.58. The Hall–Kier alpha value is -3.46. The van der Waals surface area contributed by atoms with Crippen LogP contribution in [0.25, 0.3) is 10.2 Å². The molecule has 9 heteroatoms. The molecular formula is C26H32N4O4S. The van der Waals surface area contributed by atoms with E-state index in [0.29, 0.717) is 24.3 Å². The van der Waals surface area contributed by atoms with Gasteiger partial charge in [-0.1, -0.05) is 39.3 Å². The predicted octanol–water partition coefficient (Wildman–Crippen LogP) is 5.28. The van der Waals surface area contributed by atoms with E-state index >= 15 is 0 Å². The molecule has 0 aliphatic rings. The zero-order valence-corrected chi connectivity index (χ0v) is 21.3. The van der Waals surface area contributed by atoms with Crippen molar-refractivity contribution in [2.45, 2.75) is 53.1 Å². The summed E-state index contributed by atoms with van der Waals surface area (Å²) in [4.78, 5) is 43.2. The number of fused-ring (bicyclic) bond motifs is 1. The van der Waals surface area contributed by atoms with Crippen molar-refractivity contribution in [2.24, 2.45) is 5.92 Å². The SMILES string of the molecule is CCCCN(Cc1ccc(C(=O)N[C@H](C(=O)O)C(C)C)cc1)C(=O)Nc1ccc2sc(C)nc2c1. The number of aliphatic carboxylic acids is 1. The van der Waals surface area contributed by atoms with Gasteiger partial charge in [-0.05, 0) is 55.2 Å². The number of benzene rings is 2. The first kappa shape index (κ1) is 26.2. The van der Waals surface area contributed by atoms with Gasteiger partial charge in [0.05, 0.1) is 15.2 Å². The molecule has 0 saturated heterocycles. The van der Waals surface area contributed by atoms with E-state index in [1.165, 1.54) is 0 Å². The smallest absolute Gasteiger partial charge is 0.326 e. The van der Waals surface area contributed by atoms with Gasteiger partial charge in [-0.3, -0.25) is 4.79 Å². The monoisotopic (exact) mass is 496 g/mol. The Kier molecular flexibility index (Phi) is 8.81. The number of unbranched alkanes of at least 4 members (excludes halogenated alkanes) is 1. The molecule has 0 fully saturated rings. The average Bonchev–Trinajstić information content (AvgIpc) is 3.19. The fraction of sp³-hybridized carbons (Fsp3) is 0.385. The van der Waals surface area contributed by atoms with Gasteiger partial charge in [0.15, 0.2) is 0 Å². The first-order valence-electron chi connectivity index (χ1n) is 11.7. The topological polar surface area (TPSA) is 112 Å². The third-order valence-electron chi connectivity index (χ3n) is 5.62. The molecule has 3 N–H and O–H groups in total. The van der Waals surface area contributed by atoms with Crippen LogP contribution in [0.3, 0.4) is 0 Å². The van der Waals surface area contributed by atoms with Crippen LogP contribution >= 0.6 is 11.3 Å². The molecule has 0 unspecified atom stereocenters. The number of urea groups is 1. The summed E-state index contributed by atoms with van der Waals surface area (Å²) in [6, 6.07) is 11.4. The Morgan fingerprint density at radius 2 is 1.83 bits per heavy atom. The molecule has 1 atom stereocenters. The van der Waals surface area contributed by atoms with Gasteiger partial charge in [0, 0.05) is 24.3 Å². The lowest BCUT2D eigenvalue weighted by molar-refractivity contribution is -0.140. The molecule has 3 amide bonds. The summed E-state index contributed by atoms with van der Waals surface area (Å²) >= 11 is 1.62. The highest BCUT2D eigenvalue weighted by atomic mass is 32.1. The standard InChI is InChI=1S/C26H32N4O4S/c1-5-6-13-30(26(34)28-20-11-12-22-21(14-20)27-17(4)35-22)15-18-7-9-19(10-8-18)24(31)29-23(16(2)3)25(32)33/h7-12,14,16,23H,5-6,13,15H2,1-4H3,(H,28,34)(H,29,31)(H,32,33)/t23-/m0/s1. The number of aromatic nitrogens is 1. The predicted molar refractivity (Wildman–Crippen MR) is 139 cm³/mol. The minimum absolute atomic E-state index is 0.201. The molecule has 0 saturated carbocycles. The van der Waals surface area contributed by atoms with Crippen molar-refractivity contribution in [3.63, 3.8) is 0 Å². The average molecular weight is 497 g/mol. The van der Waals surface area contributed by atoms with Crippen LogP contribution < -0.4 is 10.6 Å². The van der Waals surface area contributed by atoms with E-state index in [9.17, 15) is 19.5 Å². The van der Waals surface area contributed by atoms with Crippen LogP contribution in [0.1, 0.15) is 54.5 Å². The molecule has 0 spiro atoms. The number of nitrogens with zero attached hydrogens (tertiary/aromatic N) is 2. The summed E-state index contributed by atoms with van der Waals surface area (Å²) in [6.07, 6.45) is 1.82. The van der Waals surface area contributed by atoms with Crippen molar-refractivity contribution in [3.05, 3.63) is 58.6 Å². The summed E-state index contributed by atoms with van der Waals surface area (Å²) in [5.41, 5.74) is 2.80. The van der Waals surface area contributed by atoms with E-state index in [-0.39, 0.29) is 11.9 Å². The Bertz CT molecular complexity index is 1190. The van der Waals surface area contributed by atoms with Crippen molar-refractivity contribution in [1.82, 2.24) is 15.2 Å². The lowest BCUT2D eigenvalue weighted by Gasteiger charge is -2.23. The van der Waals surface area contributed by atoms with Gasteiger partial charge in [0.1, 0.15) is 6.04 Å². The highest BCUT2D eigenvalue weighted by Crippen LogP contribution is 2.24. The van der Waals surface area contributed by atoms with Gasteiger partial charge in [0.2, 0.25) is 0 Å². The molecule has 3 rings (SSSR count). The number of carbonyl (C=O) groups excluding carboxylic acids is 2. The zero-order valence-electron chi connectivity index (χ0n) is 20.5. The number of carboxylic acid groups (broad SMARTS) is 1. The summed E-state index contributed by atoms with van der Waals surface area (Å²) in [5.74, 6) is -1.74. The highest BCUT2D eigenvalue weighted by molar-refractivity contribution is 7.18. The number of carbonyl (C=O) groups is 3. The normalized spacial score (nSPS) is 11.9. The summed E-state index contributed by atoms with van der Waals surface area (Å²) in [5, 5.41) is 15.8. The number of rotatable bonds is 10. The van der Waals surface area contributed by atoms with Crippen LogP contribution in [0.15, 0.2) is 42.5 Å². The van der Waals surface area contributed by atoms with E-state index in [2.05, 4.69) is 22.5 Å². The van der Waals surface area contributed by atoms with Crippen LogP contribution in [-0.2, 0) is 11.3 Å². The van der Waals surface area contributed by atoms with Gasteiger partial charge >= 0.3 is 12.0 Å². The molecule has 0 aliphatic heterocycles. The first-order chi connectivity index (χ1) is 16.7. The molecular weight excluding hydrogens is 464 g/mol. The third kappa shape index (κ3) is 7.02. The molecule has 1 heterocycles. The number of thiazole rings is 1. The molecule has 3 aromatic rings. The molecule has 186 valence electrons. The van der Waals surface area contributed by atoms with Crippen molar-refractivity contribution in [3.8, 4) is 0 Å². The number of hydrogen-bond donors (Lipinski definition) is 3. The number of carboxylic acids is 1. The number of anilines is 1. The number of nitrogens with one attached hydrogen (secondary N) is 2. The molecule has 0 aliphatic carbocycles. The van der Waals surface area contributed by atoms with Crippen LogP contribution in [0.5, 0.6) is 0 Å². The fourth-order valence-electron chi connectivity index (χ4n) is 3.64. The van der Waals surface area contributed by atoms with Gasteiger partial charge in [-0.15, -0.1) is 11.3 Å². The lowest BCUT2D eigenvalue weighted by Crippen LogP contribution is -2.44. The van der Waals surface area contributed by atoms with Crippen LogP contribution in [0, 0.1) is 12.8 Å². The van der Waals surface area contributed by atoms with Crippen LogP contribution in [0.4, 0.5) is 10.5 Å². The highest BCUT2D eigenvalue weighted by Gasteiger charge is 2.24. The molecule has 8 nitrogen and oxygen atoms in total. The van der Waals surface area contributed by atoms with E-state index in [1.54, 1.807) is 54.3 Å². The summed E-state index contributed by atoms with van der Waals surface area (Å²) < 4.78 is 1.08.